The van der Waals surface area contributed by atoms with Crippen molar-refractivity contribution in [2.75, 3.05) is 0 Å². The molecule has 0 atom stereocenters. The molecule has 0 saturated heterocycles. The van der Waals surface area contributed by atoms with Gasteiger partial charge >= 0.3 is 0 Å². The Labute approximate surface area is 310 Å². The number of nitrogens with zero attached hydrogens (tertiary/aromatic N) is 4. The van der Waals surface area contributed by atoms with Crippen LogP contribution in [0, 0.1) is 0 Å². The molecular formula is C48H32N4S. The highest BCUT2D eigenvalue weighted by atomic mass is 32.1. The highest BCUT2D eigenvalue weighted by Gasteiger charge is 2.40. The smallest absolute Gasteiger partial charge is 0.164 e. The minimum atomic E-state index is -0.168. The van der Waals surface area contributed by atoms with Crippen molar-refractivity contribution >= 4 is 53.3 Å². The fraction of sp³-hybridized carbons (Fsp3) is 0.0625. The zero-order chi connectivity index (χ0) is 35.3. The van der Waals surface area contributed by atoms with Crippen molar-refractivity contribution in [3.63, 3.8) is 0 Å². The van der Waals surface area contributed by atoms with Crippen molar-refractivity contribution < 1.29 is 0 Å². The lowest BCUT2D eigenvalue weighted by atomic mass is 9.80. The molecule has 3 heterocycles. The summed E-state index contributed by atoms with van der Waals surface area (Å²) in [6, 6.07) is 55.9. The molecule has 7 aromatic carbocycles. The third-order valence-corrected chi connectivity index (χ3v) is 12.2. The normalized spacial score (nSPS) is 13.2. The van der Waals surface area contributed by atoms with Crippen LogP contribution in [-0.4, -0.2) is 19.5 Å². The molecule has 0 amide bonds. The summed E-state index contributed by atoms with van der Waals surface area (Å²) >= 11 is 1.92. The van der Waals surface area contributed by atoms with E-state index in [-0.39, 0.29) is 5.41 Å². The van der Waals surface area contributed by atoms with Crippen molar-refractivity contribution in [2.45, 2.75) is 19.3 Å². The van der Waals surface area contributed by atoms with Gasteiger partial charge in [0.05, 0.1) is 11.0 Å². The van der Waals surface area contributed by atoms with Crippen molar-refractivity contribution in [2.24, 2.45) is 0 Å². The van der Waals surface area contributed by atoms with Crippen molar-refractivity contribution in [3.05, 3.63) is 169 Å². The zero-order valence-electron chi connectivity index (χ0n) is 29.2. The first-order valence-corrected chi connectivity index (χ1v) is 18.9. The first kappa shape index (κ1) is 30.2. The molecule has 0 radical (unpaired) electrons. The number of para-hydroxylation sites is 1. The molecule has 1 aliphatic rings. The van der Waals surface area contributed by atoms with Gasteiger partial charge in [0.25, 0.3) is 0 Å². The SMILES string of the molecule is CC1(C)c2ccccc2-c2c1c1c3ccccc3sc1c1c3ccccc3n(-c3ccc(-c4nc(-c5ccccc5)nc(-c5ccccc5)n4)cc3)c21. The monoisotopic (exact) mass is 696 g/mol. The first-order chi connectivity index (χ1) is 26.1. The van der Waals surface area contributed by atoms with E-state index in [1.165, 1.54) is 64.2 Å². The van der Waals surface area contributed by atoms with Gasteiger partial charge in [-0.2, -0.15) is 0 Å². The van der Waals surface area contributed by atoms with Crippen LogP contribution in [0.15, 0.2) is 158 Å². The Bertz CT molecular complexity index is 3010. The lowest BCUT2D eigenvalue weighted by Gasteiger charge is -2.23. The Balaban J connectivity index is 1.18. The lowest BCUT2D eigenvalue weighted by molar-refractivity contribution is 0.667. The number of hydrogen-bond donors (Lipinski definition) is 0. The van der Waals surface area contributed by atoms with Crippen molar-refractivity contribution in [1.29, 1.82) is 0 Å². The highest BCUT2D eigenvalue weighted by molar-refractivity contribution is 7.26. The second-order valence-electron chi connectivity index (χ2n) is 14.4. The molecule has 10 aromatic rings. The van der Waals surface area contributed by atoms with Crippen LogP contribution in [0.4, 0.5) is 0 Å². The number of rotatable bonds is 4. The quantitative estimate of drug-likeness (QED) is 0.184. The second-order valence-corrected chi connectivity index (χ2v) is 15.4. The average Bonchev–Trinajstić information content (AvgIpc) is 3.84. The maximum atomic E-state index is 5.01. The number of hydrogen-bond acceptors (Lipinski definition) is 4. The molecular weight excluding hydrogens is 665 g/mol. The molecule has 0 unspecified atom stereocenters. The largest absolute Gasteiger partial charge is 0.309 e. The molecule has 0 spiro atoms. The van der Waals surface area contributed by atoms with Crippen LogP contribution in [0.5, 0.6) is 0 Å². The van der Waals surface area contributed by atoms with Gasteiger partial charge < -0.3 is 4.57 Å². The summed E-state index contributed by atoms with van der Waals surface area (Å²) in [7, 11) is 0. The summed E-state index contributed by atoms with van der Waals surface area (Å²) in [5, 5.41) is 5.33. The second kappa shape index (κ2) is 11.3. The van der Waals surface area contributed by atoms with Gasteiger partial charge in [-0.3, -0.25) is 0 Å². The van der Waals surface area contributed by atoms with Crippen LogP contribution in [0.2, 0.25) is 0 Å². The molecule has 4 nitrogen and oxygen atoms in total. The Kier molecular flexibility index (Phi) is 6.43. The molecule has 0 fully saturated rings. The molecule has 3 aromatic heterocycles. The molecule has 0 saturated carbocycles. The van der Waals surface area contributed by atoms with E-state index in [2.05, 4.69) is 115 Å². The number of thiophene rings is 1. The standard InChI is InChI=1S/C48H32N4S/c1-48(2)36-22-12-9-19-33(36)39-42(48)40-35-21-11-14-24-38(35)53-44(40)41-34-20-10-13-23-37(34)52(43(39)41)32-27-25-31(26-28-32)47-50-45(29-15-5-3-6-16-29)49-46(51-47)30-17-7-4-8-18-30/h3-28H,1-2H3. The molecule has 250 valence electrons. The van der Waals surface area contributed by atoms with Crippen LogP contribution in [0.1, 0.15) is 25.0 Å². The summed E-state index contributed by atoms with van der Waals surface area (Å²) in [4.78, 5) is 14.9. The van der Waals surface area contributed by atoms with Crippen molar-refractivity contribution in [1.82, 2.24) is 19.5 Å². The topological polar surface area (TPSA) is 43.6 Å². The van der Waals surface area contributed by atoms with E-state index < -0.39 is 0 Å². The van der Waals surface area contributed by atoms with E-state index in [4.69, 9.17) is 15.0 Å². The van der Waals surface area contributed by atoms with E-state index in [0.717, 1.165) is 22.4 Å². The average molecular weight is 697 g/mol. The summed E-state index contributed by atoms with van der Waals surface area (Å²) in [5.74, 6) is 1.96. The third kappa shape index (κ3) is 4.38. The third-order valence-electron chi connectivity index (χ3n) is 11.0. The predicted molar refractivity (Wildman–Crippen MR) is 221 cm³/mol. The summed E-state index contributed by atoms with van der Waals surface area (Å²) in [6.07, 6.45) is 0. The van der Waals surface area contributed by atoms with Gasteiger partial charge in [0.1, 0.15) is 0 Å². The first-order valence-electron chi connectivity index (χ1n) is 18.0. The minimum absolute atomic E-state index is 0.168. The van der Waals surface area contributed by atoms with Gasteiger partial charge in [0.15, 0.2) is 17.5 Å². The Morgan fingerprint density at radius 3 is 1.74 bits per heavy atom. The van der Waals surface area contributed by atoms with Gasteiger partial charge in [-0.1, -0.05) is 135 Å². The summed E-state index contributed by atoms with van der Waals surface area (Å²) in [6.45, 7) is 4.80. The zero-order valence-corrected chi connectivity index (χ0v) is 30.0. The van der Waals surface area contributed by atoms with Gasteiger partial charge in [0, 0.05) is 64.3 Å². The van der Waals surface area contributed by atoms with Crippen LogP contribution < -0.4 is 0 Å². The number of fused-ring (bicyclic) bond motifs is 12. The summed E-state index contributed by atoms with van der Waals surface area (Å²) < 4.78 is 5.18. The minimum Gasteiger partial charge on any atom is -0.309 e. The molecule has 1 aliphatic carbocycles. The van der Waals surface area contributed by atoms with Gasteiger partial charge in [-0.05, 0) is 53.1 Å². The fourth-order valence-electron chi connectivity index (χ4n) is 8.65. The van der Waals surface area contributed by atoms with Gasteiger partial charge in [0.2, 0.25) is 0 Å². The Morgan fingerprint density at radius 2 is 1.06 bits per heavy atom. The van der Waals surface area contributed by atoms with Gasteiger partial charge in [-0.15, -0.1) is 11.3 Å². The maximum Gasteiger partial charge on any atom is 0.164 e. The van der Waals surface area contributed by atoms with E-state index in [0.29, 0.717) is 17.5 Å². The van der Waals surface area contributed by atoms with E-state index in [9.17, 15) is 0 Å². The number of benzene rings is 7. The van der Waals surface area contributed by atoms with E-state index >= 15 is 0 Å². The van der Waals surface area contributed by atoms with Gasteiger partial charge in [-0.25, -0.2) is 15.0 Å². The van der Waals surface area contributed by atoms with Crippen LogP contribution in [0.25, 0.3) is 93.0 Å². The van der Waals surface area contributed by atoms with E-state index in [1.807, 2.05) is 72.0 Å². The van der Waals surface area contributed by atoms with Crippen LogP contribution >= 0.6 is 11.3 Å². The predicted octanol–water partition coefficient (Wildman–Crippen LogP) is 12.6. The van der Waals surface area contributed by atoms with E-state index in [1.54, 1.807) is 0 Å². The highest BCUT2D eigenvalue weighted by Crippen LogP contribution is 2.58. The van der Waals surface area contributed by atoms with Crippen LogP contribution in [0.3, 0.4) is 0 Å². The lowest BCUT2D eigenvalue weighted by Crippen LogP contribution is -2.15. The Morgan fingerprint density at radius 1 is 0.509 bits per heavy atom. The molecule has 11 rings (SSSR count). The molecule has 5 heteroatoms. The number of aromatic nitrogens is 4. The molecule has 0 N–H and O–H groups in total. The van der Waals surface area contributed by atoms with Crippen LogP contribution in [-0.2, 0) is 5.41 Å². The molecule has 53 heavy (non-hydrogen) atoms. The maximum absolute atomic E-state index is 5.01. The fourth-order valence-corrected chi connectivity index (χ4v) is 9.92. The molecule has 0 bridgehead atoms. The Hall–Kier alpha value is -6.43. The molecule has 0 aliphatic heterocycles. The van der Waals surface area contributed by atoms with Crippen molar-refractivity contribution in [3.8, 4) is 51.0 Å². The summed E-state index contributed by atoms with van der Waals surface area (Å²) in [5.41, 5.74) is 11.7.